The largest absolute Gasteiger partial charge is 0.312 e. The highest BCUT2D eigenvalue weighted by Gasteiger charge is 2.22. The Kier molecular flexibility index (Phi) is 6.76. The van der Waals surface area contributed by atoms with E-state index in [-0.39, 0.29) is 0 Å². The van der Waals surface area contributed by atoms with Crippen LogP contribution in [0.3, 0.4) is 0 Å². The van der Waals surface area contributed by atoms with Crippen LogP contribution in [0.15, 0.2) is 30.3 Å². The normalized spacial score (nSPS) is 24.2. The van der Waals surface area contributed by atoms with Gasteiger partial charge in [0, 0.05) is 12.1 Å². The van der Waals surface area contributed by atoms with Crippen molar-refractivity contribution in [3.05, 3.63) is 35.9 Å². The van der Waals surface area contributed by atoms with Gasteiger partial charge < -0.3 is 5.32 Å². The number of hydrogen-bond donors (Lipinski definition) is 1. The van der Waals surface area contributed by atoms with Crippen LogP contribution in [0.4, 0.5) is 0 Å². The Morgan fingerprint density at radius 1 is 0.952 bits per heavy atom. The fourth-order valence-corrected chi connectivity index (χ4v) is 3.64. The number of hydrogen-bond acceptors (Lipinski definition) is 1. The van der Waals surface area contributed by atoms with E-state index >= 15 is 0 Å². The van der Waals surface area contributed by atoms with Crippen LogP contribution in [-0.4, -0.2) is 12.1 Å². The van der Waals surface area contributed by atoms with Crippen LogP contribution in [0.1, 0.15) is 77.2 Å². The van der Waals surface area contributed by atoms with E-state index in [4.69, 9.17) is 0 Å². The molecular formula is C20H33N. The zero-order chi connectivity index (χ0) is 15.1. The second kappa shape index (κ2) is 8.58. The van der Waals surface area contributed by atoms with Gasteiger partial charge >= 0.3 is 0 Å². The Bertz CT molecular complexity index is 376. The lowest BCUT2D eigenvalue weighted by atomic mass is 9.81. The molecule has 1 aliphatic carbocycles. The molecule has 21 heavy (non-hydrogen) atoms. The van der Waals surface area contributed by atoms with Gasteiger partial charge in [0.1, 0.15) is 0 Å². The SMILES string of the molecule is CC(C)CCCC(C)NC1CCC(c2ccccc2)CC1. The Morgan fingerprint density at radius 2 is 1.62 bits per heavy atom. The van der Waals surface area contributed by atoms with Crippen molar-refractivity contribution < 1.29 is 0 Å². The molecule has 1 nitrogen and oxygen atoms in total. The summed E-state index contributed by atoms with van der Waals surface area (Å²) in [6.45, 7) is 7.01. The smallest absolute Gasteiger partial charge is 0.00699 e. The second-order valence-electron chi connectivity index (χ2n) is 7.35. The van der Waals surface area contributed by atoms with E-state index in [9.17, 15) is 0 Å². The zero-order valence-electron chi connectivity index (χ0n) is 14.1. The van der Waals surface area contributed by atoms with Crippen LogP contribution >= 0.6 is 0 Å². The fourth-order valence-electron chi connectivity index (χ4n) is 3.64. The monoisotopic (exact) mass is 287 g/mol. The lowest BCUT2D eigenvalue weighted by Crippen LogP contribution is -2.38. The minimum absolute atomic E-state index is 0.682. The molecule has 1 heteroatoms. The Morgan fingerprint density at radius 3 is 2.24 bits per heavy atom. The summed E-state index contributed by atoms with van der Waals surface area (Å²) < 4.78 is 0. The third kappa shape index (κ3) is 5.82. The maximum atomic E-state index is 3.86. The Balaban J connectivity index is 1.67. The first-order valence-corrected chi connectivity index (χ1v) is 8.96. The van der Waals surface area contributed by atoms with Gasteiger partial charge in [0.25, 0.3) is 0 Å². The Labute approximate surface area is 131 Å². The van der Waals surface area contributed by atoms with E-state index in [1.54, 1.807) is 5.56 Å². The summed E-state index contributed by atoms with van der Waals surface area (Å²) in [5, 5.41) is 3.86. The number of benzene rings is 1. The molecule has 0 aliphatic heterocycles. The van der Waals surface area contributed by atoms with Gasteiger partial charge in [-0.15, -0.1) is 0 Å². The molecule has 1 atom stereocenters. The summed E-state index contributed by atoms with van der Waals surface area (Å²) in [4.78, 5) is 0. The fraction of sp³-hybridized carbons (Fsp3) is 0.700. The summed E-state index contributed by atoms with van der Waals surface area (Å²) in [5.74, 6) is 1.64. The molecule has 1 aromatic rings. The van der Waals surface area contributed by atoms with Gasteiger partial charge in [0.2, 0.25) is 0 Å². The van der Waals surface area contributed by atoms with Crippen molar-refractivity contribution in [2.45, 2.75) is 83.7 Å². The van der Waals surface area contributed by atoms with E-state index in [0.29, 0.717) is 6.04 Å². The minimum Gasteiger partial charge on any atom is -0.312 e. The van der Waals surface area contributed by atoms with Crippen LogP contribution < -0.4 is 5.32 Å². The third-order valence-corrected chi connectivity index (χ3v) is 4.94. The molecule has 1 aromatic carbocycles. The highest BCUT2D eigenvalue weighted by Crippen LogP contribution is 2.32. The molecule has 1 saturated carbocycles. The van der Waals surface area contributed by atoms with Crippen LogP contribution in [0, 0.1) is 5.92 Å². The summed E-state index contributed by atoms with van der Waals surface area (Å²) in [6.07, 6.45) is 9.44. The molecule has 0 spiro atoms. The molecule has 0 heterocycles. The topological polar surface area (TPSA) is 12.0 Å². The summed E-state index contributed by atoms with van der Waals surface area (Å²) in [7, 11) is 0. The standard InChI is InChI=1S/C20H33N/c1-16(2)8-7-9-17(3)21-20-14-12-19(13-15-20)18-10-5-4-6-11-18/h4-6,10-11,16-17,19-21H,7-9,12-15H2,1-3H3. The second-order valence-corrected chi connectivity index (χ2v) is 7.35. The summed E-state index contributed by atoms with van der Waals surface area (Å²) in [5.41, 5.74) is 1.54. The molecule has 0 aromatic heterocycles. The van der Waals surface area contributed by atoms with Gasteiger partial charge in [0.05, 0.1) is 0 Å². The van der Waals surface area contributed by atoms with E-state index in [1.807, 2.05) is 0 Å². The molecule has 1 aliphatic rings. The van der Waals surface area contributed by atoms with Gasteiger partial charge in [-0.1, -0.05) is 57.0 Å². The van der Waals surface area contributed by atoms with E-state index in [2.05, 4.69) is 56.4 Å². The first-order valence-electron chi connectivity index (χ1n) is 8.96. The predicted octanol–water partition coefficient (Wildman–Crippen LogP) is 5.52. The molecule has 0 amide bonds. The van der Waals surface area contributed by atoms with E-state index in [0.717, 1.165) is 17.9 Å². The zero-order valence-corrected chi connectivity index (χ0v) is 14.1. The van der Waals surface area contributed by atoms with Crippen molar-refractivity contribution in [2.24, 2.45) is 5.92 Å². The maximum absolute atomic E-state index is 3.86. The van der Waals surface area contributed by atoms with Crippen molar-refractivity contribution in [2.75, 3.05) is 0 Å². The van der Waals surface area contributed by atoms with Crippen molar-refractivity contribution in [3.8, 4) is 0 Å². The van der Waals surface area contributed by atoms with Crippen LogP contribution in [0.25, 0.3) is 0 Å². The van der Waals surface area contributed by atoms with Crippen LogP contribution in [-0.2, 0) is 0 Å². The quantitative estimate of drug-likeness (QED) is 0.696. The van der Waals surface area contributed by atoms with Crippen molar-refractivity contribution >= 4 is 0 Å². The molecule has 0 bridgehead atoms. The van der Waals surface area contributed by atoms with Gasteiger partial charge in [-0.2, -0.15) is 0 Å². The summed E-state index contributed by atoms with van der Waals surface area (Å²) >= 11 is 0. The van der Waals surface area contributed by atoms with Gasteiger partial charge in [-0.3, -0.25) is 0 Å². The lowest BCUT2D eigenvalue weighted by molar-refractivity contribution is 0.310. The minimum atomic E-state index is 0.682. The van der Waals surface area contributed by atoms with Crippen LogP contribution in [0.5, 0.6) is 0 Å². The van der Waals surface area contributed by atoms with Crippen molar-refractivity contribution in [1.29, 1.82) is 0 Å². The third-order valence-electron chi connectivity index (χ3n) is 4.94. The molecule has 1 N–H and O–H groups in total. The molecule has 1 fully saturated rings. The highest BCUT2D eigenvalue weighted by atomic mass is 14.9. The number of nitrogens with one attached hydrogen (secondary N) is 1. The average molecular weight is 287 g/mol. The molecule has 0 saturated heterocycles. The molecular weight excluding hydrogens is 254 g/mol. The van der Waals surface area contributed by atoms with Gasteiger partial charge in [-0.05, 0) is 56.4 Å². The predicted molar refractivity (Wildman–Crippen MR) is 92.7 cm³/mol. The first-order chi connectivity index (χ1) is 10.1. The number of rotatable bonds is 7. The van der Waals surface area contributed by atoms with Crippen molar-refractivity contribution in [3.63, 3.8) is 0 Å². The van der Waals surface area contributed by atoms with Crippen LogP contribution in [0.2, 0.25) is 0 Å². The molecule has 0 radical (unpaired) electrons. The van der Waals surface area contributed by atoms with E-state index < -0.39 is 0 Å². The van der Waals surface area contributed by atoms with E-state index in [1.165, 1.54) is 44.9 Å². The molecule has 1 unspecified atom stereocenters. The van der Waals surface area contributed by atoms with Gasteiger partial charge in [-0.25, -0.2) is 0 Å². The highest BCUT2D eigenvalue weighted by molar-refractivity contribution is 5.20. The molecule has 118 valence electrons. The molecule has 2 rings (SSSR count). The average Bonchev–Trinajstić information content (AvgIpc) is 2.48. The van der Waals surface area contributed by atoms with Gasteiger partial charge in [0.15, 0.2) is 0 Å². The first kappa shape index (κ1) is 16.5. The van der Waals surface area contributed by atoms with Crippen molar-refractivity contribution in [1.82, 2.24) is 5.32 Å². The Hall–Kier alpha value is -0.820. The summed E-state index contributed by atoms with van der Waals surface area (Å²) in [6, 6.07) is 12.5. The maximum Gasteiger partial charge on any atom is 0.00699 e. The lowest BCUT2D eigenvalue weighted by Gasteiger charge is -2.31.